The molecule has 0 spiro atoms. The molecule has 0 unspecified atom stereocenters. The summed E-state index contributed by atoms with van der Waals surface area (Å²) in [7, 11) is 0. The second-order valence-corrected chi connectivity index (χ2v) is 3.63. The Hall–Kier alpha value is -1.49. The molecule has 0 saturated carbocycles. The van der Waals surface area contributed by atoms with Crippen LogP contribution in [0.3, 0.4) is 0 Å². The van der Waals surface area contributed by atoms with Gasteiger partial charge in [0, 0.05) is 12.6 Å². The molecule has 0 aliphatic carbocycles. The fraction of sp³-hybridized carbons (Fsp3) is 0.300. The number of H-pyrrole nitrogens is 1. The Morgan fingerprint density at radius 1 is 1.53 bits per heavy atom. The van der Waals surface area contributed by atoms with Crippen LogP contribution in [-0.2, 0) is 6.42 Å². The molecular formula is C10H12N4S. The predicted molar refractivity (Wildman–Crippen MR) is 60.7 cm³/mol. The number of nitrogens with zero attached hydrogens (tertiary/aromatic N) is 3. The molecule has 0 amide bonds. The molecule has 0 aliphatic heterocycles. The lowest BCUT2D eigenvalue weighted by Crippen LogP contribution is -2.03. The molecule has 1 N–H and O–H groups in total. The van der Waals surface area contributed by atoms with Gasteiger partial charge in [-0.2, -0.15) is 5.10 Å². The van der Waals surface area contributed by atoms with E-state index in [0.717, 1.165) is 23.6 Å². The number of aryl methyl sites for hydroxylation is 2. The highest BCUT2D eigenvalue weighted by Gasteiger charge is 2.08. The molecule has 0 bridgehead atoms. The predicted octanol–water partition coefficient (Wildman–Crippen LogP) is 2.20. The maximum Gasteiger partial charge on any atom is 0.199 e. The molecule has 5 heteroatoms. The molecule has 4 nitrogen and oxygen atoms in total. The number of aromatic nitrogens is 4. The lowest BCUT2D eigenvalue weighted by molar-refractivity contribution is 0.868. The monoisotopic (exact) mass is 220 g/mol. The number of rotatable bonds is 2. The minimum absolute atomic E-state index is 0.614. The SMILES string of the molecule is CCc1n[nH]c(=S)n1-c1cccnc1C. The van der Waals surface area contributed by atoms with Gasteiger partial charge in [0.05, 0.1) is 11.4 Å². The molecule has 0 saturated heterocycles. The van der Waals surface area contributed by atoms with Gasteiger partial charge in [-0.05, 0) is 31.3 Å². The lowest BCUT2D eigenvalue weighted by atomic mass is 10.3. The van der Waals surface area contributed by atoms with Gasteiger partial charge in [-0.3, -0.25) is 14.6 Å². The van der Waals surface area contributed by atoms with Crippen LogP contribution in [-0.4, -0.2) is 19.7 Å². The van der Waals surface area contributed by atoms with Crippen molar-refractivity contribution in [3.63, 3.8) is 0 Å². The summed E-state index contributed by atoms with van der Waals surface area (Å²) in [6, 6.07) is 3.89. The zero-order valence-corrected chi connectivity index (χ0v) is 9.51. The zero-order chi connectivity index (χ0) is 10.8. The Balaban J connectivity index is 2.68. The molecule has 0 radical (unpaired) electrons. The van der Waals surface area contributed by atoms with Gasteiger partial charge in [0.2, 0.25) is 0 Å². The van der Waals surface area contributed by atoms with Crippen LogP contribution in [0.1, 0.15) is 18.4 Å². The third-order valence-electron chi connectivity index (χ3n) is 2.28. The number of nitrogens with one attached hydrogen (secondary N) is 1. The van der Waals surface area contributed by atoms with E-state index in [4.69, 9.17) is 12.2 Å². The van der Waals surface area contributed by atoms with Crippen molar-refractivity contribution in [1.29, 1.82) is 0 Å². The van der Waals surface area contributed by atoms with E-state index in [0.29, 0.717) is 4.77 Å². The summed E-state index contributed by atoms with van der Waals surface area (Å²) in [6.45, 7) is 4.01. The minimum Gasteiger partial charge on any atom is -0.270 e. The molecule has 2 heterocycles. The van der Waals surface area contributed by atoms with Crippen molar-refractivity contribution >= 4 is 12.2 Å². The highest BCUT2D eigenvalue weighted by atomic mass is 32.1. The minimum atomic E-state index is 0.614. The number of aromatic amines is 1. The van der Waals surface area contributed by atoms with Gasteiger partial charge in [-0.15, -0.1) is 0 Å². The smallest absolute Gasteiger partial charge is 0.199 e. The second kappa shape index (κ2) is 3.94. The topological polar surface area (TPSA) is 46.5 Å². The number of hydrogen-bond acceptors (Lipinski definition) is 3. The molecule has 2 aromatic rings. The standard InChI is InChI=1S/C10H12N4S/c1-3-9-12-13-10(15)14(9)8-5-4-6-11-7(8)2/h4-6H,3H2,1-2H3,(H,13,15). The third-order valence-corrected chi connectivity index (χ3v) is 2.55. The van der Waals surface area contributed by atoms with E-state index in [9.17, 15) is 0 Å². The van der Waals surface area contributed by atoms with Crippen molar-refractivity contribution in [2.45, 2.75) is 20.3 Å². The van der Waals surface area contributed by atoms with Gasteiger partial charge in [0.25, 0.3) is 0 Å². The van der Waals surface area contributed by atoms with Crippen molar-refractivity contribution in [3.8, 4) is 5.69 Å². The van der Waals surface area contributed by atoms with Crippen LogP contribution in [0.4, 0.5) is 0 Å². The quantitative estimate of drug-likeness (QED) is 0.789. The van der Waals surface area contributed by atoms with Crippen molar-refractivity contribution in [3.05, 3.63) is 34.6 Å². The first kappa shape index (κ1) is 10.0. The van der Waals surface area contributed by atoms with Gasteiger partial charge < -0.3 is 0 Å². The first-order chi connectivity index (χ1) is 7.24. The van der Waals surface area contributed by atoms with Crippen LogP contribution in [0.2, 0.25) is 0 Å². The first-order valence-electron chi connectivity index (χ1n) is 4.82. The van der Waals surface area contributed by atoms with E-state index < -0.39 is 0 Å². The zero-order valence-electron chi connectivity index (χ0n) is 8.69. The van der Waals surface area contributed by atoms with Crippen LogP contribution in [0, 0.1) is 11.7 Å². The van der Waals surface area contributed by atoms with Crippen molar-refractivity contribution < 1.29 is 0 Å². The van der Waals surface area contributed by atoms with Gasteiger partial charge in [-0.25, -0.2) is 0 Å². The van der Waals surface area contributed by atoms with Gasteiger partial charge in [-0.1, -0.05) is 6.92 Å². The molecular weight excluding hydrogens is 208 g/mol. The molecule has 0 aromatic carbocycles. The normalized spacial score (nSPS) is 10.5. The molecule has 0 aliphatic rings. The third kappa shape index (κ3) is 1.70. The number of hydrogen-bond donors (Lipinski definition) is 1. The van der Waals surface area contributed by atoms with E-state index in [1.54, 1.807) is 6.20 Å². The van der Waals surface area contributed by atoms with Crippen LogP contribution in [0.5, 0.6) is 0 Å². The highest BCUT2D eigenvalue weighted by Crippen LogP contribution is 2.13. The second-order valence-electron chi connectivity index (χ2n) is 3.24. The Kier molecular flexibility index (Phi) is 2.64. The van der Waals surface area contributed by atoms with Crippen LogP contribution in [0.25, 0.3) is 5.69 Å². The summed E-state index contributed by atoms with van der Waals surface area (Å²) < 4.78 is 2.54. The maximum absolute atomic E-state index is 5.20. The van der Waals surface area contributed by atoms with Gasteiger partial charge in [0.1, 0.15) is 5.82 Å². The fourth-order valence-electron chi connectivity index (χ4n) is 1.53. The van der Waals surface area contributed by atoms with E-state index in [2.05, 4.69) is 15.2 Å². The Labute approximate surface area is 93.0 Å². The first-order valence-corrected chi connectivity index (χ1v) is 5.23. The Morgan fingerprint density at radius 2 is 2.33 bits per heavy atom. The lowest BCUT2D eigenvalue weighted by Gasteiger charge is -2.07. The number of pyridine rings is 1. The fourth-order valence-corrected chi connectivity index (χ4v) is 1.78. The highest BCUT2D eigenvalue weighted by molar-refractivity contribution is 7.71. The van der Waals surface area contributed by atoms with Crippen molar-refractivity contribution in [2.75, 3.05) is 0 Å². The molecule has 0 fully saturated rings. The Bertz CT molecular complexity index is 526. The van der Waals surface area contributed by atoms with Crippen LogP contribution in [0.15, 0.2) is 18.3 Å². The Morgan fingerprint density at radius 3 is 3.00 bits per heavy atom. The summed E-state index contributed by atoms with van der Waals surface area (Å²) >= 11 is 5.20. The van der Waals surface area contributed by atoms with Gasteiger partial charge >= 0.3 is 0 Å². The largest absolute Gasteiger partial charge is 0.270 e. The van der Waals surface area contributed by atoms with E-state index >= 15 is 0 Å². The van der Waals surface area contributed by atoms with E-state index in [1.165, 1.54) is 0 Å². The van der Waals surface area contributed by atoms with Crippen LogP contribution < -0.4 is 0 Å². The summed E-state index contributed by atoms with van der Waals surface area (Å²) in [4.78, 5) is 4.24. The summed E-state index contributed by atoms with van der Waals surface area (Å²) in [5.74, 6) is 0.927. The summed E-state index contributed by atoms with van der Waals surface area (Å²) in [6.07, 6.45) is 2.61. The molecule has 78 valence electrons. The van der Waals surface area contributed by atoms with Gasteiger partial charge in [0.15, 0.2) is 4.77 Å². The van der Waals surface area contributed by atoms with E-state index in [-0.39, 0.29) is 0 Å². The average Bonchev–Trinajstić information content (AvgIpc) is 2.60. The summed E-state index contributed by atoms with van der Waals surface area (Å²) in [5, 5.41) is 6.97. The molecule has 15 heavy (non-hydrogen) atoms. The maximum atomic E-state index is 5.20. The van der Waals surface area contributed by atoms with E-state index in [1.807, 2.05) is 30.5 Å². The van der Waals surface area contributed by atoms with Crippen molar-refractivity contribution in [2.24, 2.45) is 0 Å². The molecule has 0 atom stereocenters. The molecule has 2 aromatic heterocycles. The van der Waals surface area contributed by atoms with Crippen molar-refractivity contribution in [1.82, 2.24) is 19.7 Å². The van der Waals surface area contributed by atoms with Crippen LogP contribution >= 0.6 is 12.2 Å². The molecule has 2 rings (SSSR count). The average molecular weight is 220 g/mol. The summed E-state index contributed by atoms with van der Waals surface area (Å²) in [5.41, 5.74) is 1.94.